The van der Waals surface area contributed by atoms with Crippen molar-refractivity contribution in [3.8, 4) is 22.6 Å². The summed E-state index contributed by atoms with van der Waals surface area (Å²) in [7, 11) is 3.32. The highest BCUT2D eigenvalue weighted by atomic mass is 16.5. The second-order valence-electron chi connectivity index (χ2n) is 5.10. The molecule has 0 unspecified atom stereocenters. The van der Waals surface area contributed by atoms with Crippen LogP contribution in [0.2, 0.25) is 0 Å². The van der Waals surface area contributed by atoms with E-state index in [-0.39, 0.29) is 0 Å². The predicted octanol–water partition coefficient (Wildman–Crippen LogP) is 5.11. The van der Waals surface area contributed by atoms with Crippen LogP contribution in [0.4, 0.5) is 11.4 Å². The Morgan fingerprint density at radius 1 is 0.696 bits per heavy atom. The van der Waals surface area contributed by atoms with Gasteiger partial charge in [-0.2, -0.15) is 0 Å². The summed E-state index contributed by atoms with van der Waals surface area (Å²) < 4.78 is 10.8. The molecule has 0 fully saturated rings. The molecule has 0 heterocycles. The van der Waals surface area contributed by atoms with Gasteiger partial charge in [0.1, 0.15) is 11.5 Å². The zero-order valence-electron chi connectivity index (χ0n) is 13.2. The summed E-state index contributed by atoms with van der Waals surface area (Å²) in [6.07, 6.45) is 0. The Kier molecular flexibility index (Phi) is 4.48. The fraction of sp³-hybridized carbons (Fsp3) is 0.100. The van der Waals surface area contributed by atoms with E-state index < -0.39 is 0 Å². The molecule has 23 heavy (non-hydrogen) atoms. The maximum Gasteiger partial charge on any atom is 0.130 e. The number of hydrogen-bond acceptors (Lipinski definition) is 3. The second kappa shape index (κ2) is 6.88. The third-order valence-electron chi connectivity index (χ3n) is 3.68. The van der Waals surface area contributed by atoms with Crippen LogP contribution in [0.3, 0.4) is 0 Å². The van der Waals surface area contributed by atoms with Gasteiger partial charge in [0, 0.05) is 28.6 Å². The number of benzene rings is 3. The Morgan fingerprint density at radius 2 is 1.43 bits per heavy atom. The fourth-order valence-corrected chi connectivity index (χ4v) is 2.53. The molecule has 3 aromatic rings. The molecule has 0 saturated carbocycles. The fourth-order valence-electron chi connectivity index (χ4n) is 2.53. The molecule has 1 N–H and O–H groups in total. The molecule has 3 heteroatoms. The molecule has 3 nitrogen and oxygen atoms in total. The van der Waals surface area contributed by atoms with E-state index in [1.165, 1.54) is 0 Å². The van der Waals surface area contributed by atoms with Crippen molar-refractivity contribution in [1.29, 1.82) is 0 Å². The number of ether oxygens (including phenoxy) is 2. The summed E-state index contributed by atoms with van der Waals surface area (Å²) >= 11 is 0. The van der Waals surface area contributed by atoms with Gasteiger partial charge in [0.15, 0.2) is 0 Å². The molecule has 0 radical (unpaired) electrons. The van der Waals surface area contributed by atoms with E-state index in [1.807, 2.05) is 60.7 Å². The standard InChI is InChI=1S/C20H19NO2/c1-22-16-12-13-18(20(14-16)23-2)17-10-6-7-11-19(17)21-15-8-4-3-5-9-15/h3-14,21H,1-2H3. The quantitative estimate of drug-likeness (QED) is 0.710. The summed E-state index contributed by atoms with van der Waals surface area (Å²) in [5.74, 6) is 1.56. The first-order chi connectivity index (χ1) is 11.3. The molecule has 0 saturated heterocycles. The lowest BCUT2D eigenvalue weighted by atomic mass is 10.0. The molecule has 116 valence electrons. The van der Waals surface area contributed by atoms with E-state index in [4.69, 9.17) is 9.47 Å². The molecule has 0 aliphatic carbocycles. The van der Waals surface area contributed by atoms with Crippen molar-refractivity contribution >= 4 is 11.4 Å². The number of para-hydroxylation sites is 2. The monoisotopic (exact) mass is 305 g/mol. The van der Waals surface area contributed by atoms with E-state index in [9.17, 15) is 0 Å². The average Bonchev–Trinajstić information content (AvgIpc) is 2.62. The van der Waals surface area contributed by atoms with Gasteiger partial charge < -0.3 is 14.8 Å². The van der Waals surface area contributed by atoms with Crippen LogP contribution in [0.25, 0.3) is 11.1 Å². The van der Waals surface area contributed by atoms with Crippen LogP contribution in [-0.2, 0) is 0 Å². The van der Waals surface area contributed by atoms with E-state index in [1.54, 1.807) is 14.2 Å². The van der Waals surface area contributed by atoms with Gasteiger partial charge in [-0.05, 0) is 30.3 Å². The first-order valence-electron chi connectivity index (χ1n) is 7.45. The molecule has 0 atom stereocenters. The number of methoxy groups -OCH3 is 2. The molecular formula is C20H19NO2. The number of nitrogens with one attached hydrogen (secondary N) is 1. The van der Waals surface area contributed by atoms with Crippen LogP contribution < -0.4 is 14.8 Å². The molecule has 0 aliphatic rings. The van der Waals surface area contributed by atoms with Gasteiger partial charge in [-0.25, -0.2) is 0 Å². The Morgan fingerprint density at radius 3 is 2.17 bits per heavy atom. The van der Waals surface area contributed by atoms with Crippen molar-refractivity contribution < 1.29 is 9.47 Å². The van der Waals surface area contributed by atoms with Gasteiger partial charge in [-0.1, -0.05) is 36.4 Å². The second-order valence-corrected chi connectivity index (χ2v) is 5.10. The average molecular weight is 305 g/mol. The summed E-state index contributed by atoms with van der Waals surface area (Å²) in [6, 6.07) is 24.2. The van der Waals surface area contributed by atoms with Crippen molar-refractivity contribution in [2.45, 2.75) is 0 Å². The summed E-state index contributed by atoms with van der Waals surface area (Å²) in [6.45, 7) is 0. The van der Waals surface area contributed by atoms with Crippen LogP contribution in [0, 0.1) is 0 Å². The lowest BCUT2D eigenvalue weighted by molar-refractivity contribution is 0.395. The Labute approximate surface area is 136 Å². The first kappa shape index (κ1) is 15.0. The van der Waals surface area contributed by atoms with Gasteiger partial charge in [-0.15, -0.1) is 0 Å². The van der Waals surface area contributed by atoms with Gasteiger partial charge in [0.05, 0.1) is 14.2 Å². The van der Waals surface area contributed by atoms with Gasteiger partial charge in [0.25, 0.3) is 0 Å². The summed E-state index contributed by atoms with van der Waals surface area (Å²) in [5, 5.41) is 3.46. The van der Waals surface area contributed by atoms with E-state index >= 15 is 0 Å². The highest BCUT2D eigenvalue weighted by molar-refractivity contribution is 5.84. The van der Waals surface area contributed by atoms with Crippen molar-refractivity contribution in [1.82, 2.24) is 0 Å². The predicted molar refractivity (Wildman–Crippen MR) is 94.7 cm³/mol. The van der Waals surface area contributed by atoms with Crippen molar-refractivity contribution in [2.75, 3.05) is 19.5 Å². The minimum atomic E-state index is 0.777. The van der Waals surface area contributed by atoms with E-state index in [2.05, 4.69) is 17.4 Å². The van der Waals surface area contributed by atoms with Crippen molar-refractivity contribution in [3.63, 3.8) is 0 Å². The van der Waals surface area contributed by atoms with Gasteiger partial charge in [-0.3, -0.25) is 0 Å². The summed E-state index contributed by atoms with van der Waals surface area (Å²) in [5.41, 5.74) is 4.18. The third-order valence-corrected chi connectivity index (χ3v) is 3.68. The first-order valence-corrected chi connectivity index (χ1v) is 7.45. The zero-order chi connectivity index (χ0) is 16.1. The van der Waals surface area contributed by atoms with Gasteiger partial charge >= 0.3 is 0 Å². The number of rotatable bonds is 5. The lowest BCUT2D eigenvalue weighted by Gasteiger charge is -2.15. The molecule has 0 spiro atoms. The van der Waals surface area contributed by atoms with Crippen LogP contribution >= 0.6 is 0 Å². The van der Waals surface area contributed by atoms with Crippen LogP contribution in [-0.4, -0.2) is 14.2 Å². The topological polar surface area (TPSA) is 30.5 Å². The number of anilines is 2. The summed E-state index contributed by atoms with van der Waals surface area (Å²) in [4.78, 5) is 0. The SMILES string of the molecule is COc1ccc(-c2ccccc2Nc2ccccc2)c(OC)c1. The molecular weight excluding hydrogens is 286 g/mol. The Balaban J connectivity index is 2.04. The molecule has 3 aromatic carbocycles. The van der Waals surface area contributed by atoms with Crippen molar-refractivity contribution in [2.24, 2.45) is 0 Å². The van der Waals surface area contributed by atoms with Gasteiger partial charge in [0.2, 0.25) is 0 Å². The zero-order valence-corrected chi connectivity index (χ0v) is 13.2. The molecule has 0 aliphatic heterocycles. The molecule has 3 rings (SSSR count). The lowest BCUT2D eigenvalue weighted by Crippen LogP contribution is -1.95. The van der Waals surface area contributed by atoms with E-state index in [0.29, 0.717) is 0 Å². The van der Waals surface area contributed by atoms with Crippen LogP contribution in [0.15, 0.2) is 72.8 Å². The number of hydrogen-bond donors (Lipinski definition) is 1. The third kappa shape index (κ3) is 3.29. The molecule has 0 bridgehead atoms. The molecule has 0 amide bonds. The largest absolute Gasteiger partial charge is 0.497 e. The minimum absolute atomic E-state index is 0.777. The van der Waals surface area contributed by atoms with Crippen molar-refractivity contribution in [3.05, 3.63) is 72.8 Å². The minimum Gasteiger partial charge on any atom is -0.497 e. The van der Waals surface area contributed by atoms with Crippen LogP contribution in [0.1, 0.15) is 0 Å². The Hall–Kier alpha value is -2.94. The smallest absolute Gasteiger partial charge is 0.130 e. The maximum atomic E-state index is 5.54. The Bertz CT molecular complexity index is 785. The highest BCUT2D eigenvalue weighted by Gasteiger charge is 2.11. The maximum absolute atomic E-state index is 5.54. The normalized spacial score (nSPS) is 10.2. The molecule has 0 aromatic heterocycles. The highest BCUT2D eigenvalue weighted by Crippen LogP contribution is 2.38. The van der Waals surface area contributed by atoms with E-state index in [0.717, 1.165) is 34.0 Å². The van der Waals surface area contributed by atoms with Crippen LogP contribution in [0.5, 0.6) is 11.5 Å².